The lowest BCUT2D eigenvalue weighted by atomic mass is 9.42. The molecular formula is C66H90N2O22. The van der Waals surface area contributed by atoms with Crippen LogP contribution in [0.1, 0.15) is 60.2 Å². The summed E-state index contributed by atoms with van der Waals surface area (Å²) in [6, 6.07) is 16.2. The smallest absolute Gasteiger partial charge is 0.338 e. The molecule has 0 aromatic heterocycles. The summed E-state index contributed by atoms with van der Waals surface area (Å²) in [5, 5.41) is 84.8. The van der Waals surface area contributed by atoms with Gasteiger partial charge in [0, 0.05) is 151 Å². The van der Waals surface area contributed by atoms with Crippen LogP contribution in [0, 0.1) is 74.9 Å². The summed E-state index contributed by atoms with van der Waals surface area (Å²) in [6.45, 7) is 6.70. The van der Waals surface area contributed by atoms with E-state index in [4.69, 9.17) is 52.1 Å². The number of esters is 2. The summed E-state index contributed by atoms with van der Waals surface area (Å²) < 4.78 is 68.0. The second-order valence-corrected chi connectivity index (χ2v) is 28.2. The van der Waals surface area contributed by atoms with Gasteiger partial charge in [-0.05, 0) is 62.0 Å². The SMILES string of the molecule is CCN1CC2(COC)C(O)CC(OC)C34C5CC6(O)C(CO)C(O)C(OC=O)(C5C6OC(=O)c5ccccc5)C(C(OC)C23)C14.CCN1CC2(COC)C(O)CC(OC)C34C5CC6(O)C(OC)C(O)C(OC=O)(C5C6OC(=O)c5ccccc5)C(C(OC)C23)C14. The number of hydrogen-bond donors (Lipinski definition) is 7. The van der Waals surface area contributed by atoms with E-state index in [9.17, 15) is 54.9 Å². The lowest BCUT2D eigenvalue weighted by Gasteiger charge is -2.70. The first-order valence-corrected chi connectivity index (χ1v) is 31.9. The van der Waals surface area contributed by atoms with E-state index in [0.29, 0.717) is 57.5 Å². The first-order valence-electron chi connectivity index (χ1n) is 31.9. The summed E-state index contributed by atoms with van der Waals surface area (Å²) >= 11 is 0. The summed E-state index contributed by atoms with van der Waals surface area (Å²) in [6.07, 6.45) is -9.84. The van der Waals surface area contributed by atoms with Gasteiger partial charge in [-0.1, -0.05) is 50.2 Å². The van der Waals surface area contributed by atoms with E-state index >= 15 is 0 Å². The normalized spacial score (nSPS) is 50.7. The Morgan fingerprint density at radius 2 is 0.967 bits per heavy atom. The predicted molar refractivity (Wildman–Crippen MR) is 311 cm³/mol. The Kier molecular flexibility index (Phi) is 16.2. The molecule has 30 atom stereocenters. The molecule has 0 radical (unpaired) electrons. The molecule has 2 heterocycles. The Hall–Kier alpha value is -4.32. The van der Waals surface area contributed by atoms with Crippen molar-refractivity contribution in [2.24, 2.45) is 74.9 Å². The second-order valence-electron chi connectivity index (χ2n) is 28.2. The van der Waals surface area contributed by atoms with E-state index in [1.807, 2.05) is 13.8 Å². The van der Waals surface area contributed by atoms with Crippen LogP contribution in [0.3, 0.4) is 0 Å². The van der Waals surface area contributed by atoms with Crippen LogP contribution in [0.25, 0.3) is 0 Å². The third-order valence-electron chi connectivity index (χ3n) is 26.4. The van der Waals surface area contributed by atoms with Crippen LogP contribution in [0.15, 0.2) is 60.7 Å². The molecule has 10 saturated carbocycles. The maximum atomic E-state index is 13.7. The number of ether oxygens (including phenoxy) is 11. The average Bonchev–Trinajstić information content (AvgIpc) is 1.44. The monoisotopic (exact) mass is 1260 g/mol. The van der Waals surface area contributed by atoms with Gasteiger partial charge in [-0.3, -0.25) is 19.4 Å². The fourth-order valence-electron chi connectivity index (χ4n) is 24.4. The molecule has 2 spiro atoms. The number of likely N-dealkylation sites (tertiary alicyclic amines) is 2. The van der Waals surface area contributed by atoms with Crippen LogP contribution < -0.4 is 0 Å². The third-order valence-corrected chi connectivity index (χ3v) is 26.4. The van der Waals surface area contributed by atoms with Crippen LogP contribution >= 0.6 is 0 Å². The molecule has 12 aliphatic rings. The van der Waals surface area contributed by atoms with Gasteiger partial charge in [0.2, 0.25) is 0 Å². The number of carbonyl (C=O) groups excluding carboxylic acids is 4. The van der Waals surface area contributed by atoms with Crippen molar-refractivity contribution in [1.29, 1.82) is 0 Å². The number of aliphatic hydroxyl groups excluding tert-OH is 5. The Labute approximate surface area is 523 Å². The maximum Gasteiger partial charge on any atom is 0.338 e. The lowest BCUT2D eigenvalue weighted by Crippen LogP contribution is -2.81. The molecule has 12 fully saturated rings. The zero-order valence-corrected chi connectivity index (χ0v) is 52.6. The van der Waals surface area contributed by atoms with Gasteiger partial charge in [0.05, 0.1) is 67.6 Å². The van der Waals surface area contributed by atoms with Gasteiger partial charge in [-0.25, -0.2) is 9.59 Å². The number of nitrogens with zero attached hydrogens (tertiary/aromatic N) is 2. The summed E-state index contributed by atoms with van der Waals surface area (Å²) in [4.78, 5) is 57.1. The van der Waals surface area contributed by atoms with E-state index in [0.717, 1.165) is 0 Å². The van der Waals surface area contributed by atoms with Crippen LogP contribution in [-0.4, -0.2) is 268 Å². The summed E-state index contributed by atoms with van der Waals surface area (Å²) in [5.41, 5.74) is -9.65. The van der Waals surface area contributed by atoms with E-state index < -0.39 is 177 Å². The van der Waals surface area contributed by atoms with E-state index in [1.54, 1.807) is 103 Å². The number of piperidine rings is 2. The quantitative estimate of drug-likeness (QED) is 0.0526. The molecule has 90 heavy (non-hydrogen) atoms. The summed E-state index contributed by atoms with van der Waals surface area (Å²) in [7, 11) is 11.1. The molecule has 24 heteroatoms. The van der Waals surface area contributed by atoms with Crippen molar-refractivity contribution < 1.29 is 107 Å². The molecule has 0 amide bonds. The topological polar surface area (TPSA) is 318 Å². The van der Waals surface area contributed by atoms with Crippen molar-refractivity contribution in [2.75, 3.05) is 95.8 Å². The minimum absolute atomic E-state index is 0.0450. The van der Waals surface area contributed by atoms with Crippen LogP contribution in [0.4, 0.5) is 0 Å². The number of aliphatic hydroxyl groups is 7. The van der Waals surface area contributed by atoms with E-state index in [2.05, 4.69) is 9.80 Å². The first kappa shape index (κ1) is 64.4. The predicted octanol–water partition coefficient (Wildman–Crippen LogP) is 0.110. The molecule has 2 aliphatic heterocycles. The Morgan fingerprint density at radius 1 is 0.556 bits per heavy atom. The number of rotatable bonds is 20. The van der Waals surface area contributed by atoms with Crippen LogP contribution in [0.2, 0.25) is 0 Å². The van der Waals surface area contributed by atoms with Crippen LogP contribution in [-0.2, 0) is 61.7 Å². The first-order chi connectivity index (χ1) is 43.3. The zero-order chi connectivity index (χ0) is 64.2. The number of fused-ring (bicyclic) bond motifs is 4. The number of benzene rings is 2. The second kappa shape index (κ2) is 22.7. The number of methoxy groups -OCH3 is 7. The fourth-order valence-corrected chi connectivity index (χ4v) is 24.4. The van der Waals surface area contributed by atoms with Crippen molar-refractivity contribution >= 4 is 24.9 Å². The van der Waals surface area contributed by atoms with Gasteiger partial charge in [0.15, 0.2) is 11.2 Å². The molecule has 14 rings (SSSR count). The van der Waals surface area contributed by atoms with Crippen molar-refractivity contribution in [2.45, 2.75) is 141 Å². The van der Waals surface area contributed by atoms with Gasteiger partial charge in [-0.2, -0.15) is 0 Å². The maximum absolute atomic E-state index is 13.7. The Morgan fingerprint density at radius 3 is 1.33 bits per heavy atom. The Bertz CT molecular complexity index is 2830. The van der Waals surface area contributed by atoms with Gasteiger partial charge >= 0.3 is 11.9 Å². The van der Waals surface area contributed by atoms with Crippen molar-refractivity contribution in [3.63, 3.8) is 0 Å². The van der Waals surface area contributed by atoms with Crippen LogP contribution in [0.5, 0.6) is 0 Å². The average molecular weight is 1260 g/mol. The highest BCUT2D eigenvalue weighted by Gasteiger charge is 2.94. The fraction of sp³-hybridized carbons (Fsp3) is 0.758. The molecule has 30 unspecified atom stereocenters. The Balaban J connectivity index is 0.000000165. The molecule has 10 aliphatic carbocycles. The number of carbonyl (C=O) groups is 4. The summed E-state index contributed by atoms with van der Waals surface area (Å²) in [5.74, 6) is -7.36. The molecule has 24 nitrogen and oxygen atoms in total. The van der Waals surface area contributed by atoms with Crippen molar-refractivity contribution in [3.05, 3.63) is 71.8 Å². The van der Waals surface area contributed by atoms with Gasteiger partial charge in [0.1, 0.15) is 41.7 Å². The molecule has 14 bridgehead atoms. The molecule has 2 aromatic carbocycles. The van der Waals surface area contributed by atoms with E-state index in [1.165, 1.54) is 7.11 Å². The van der Waals surface area contributed by atoms with Crippen molar-refractivity contribution in [3.8, 4) is 0 Å². The highest BCUT2D eigenvalue weighted by atomic mass is 16.6. The molecule has 496 valence electrons. The standard InChI is InChI=1S/2C33H45NO11/c1-6-34-14-30(15-40-2)19(36)12-20(41-3)32-18-13-31(39)27(45-29(38)17-10-8-7-9-11-17)21(18)33(44-16-35,26(37)28(31)43-5)22(25(32)34)23(42-4)24(30)32;1-5-34-14-30(15-41-2)20(37)11-21(42-3)32-18-12-31(40)19(13-35)27(38)33(44-16-36,23(26(32)34)24(43-4)25(30)32)22(18)28(31)45-29(39)17-9-7-6-8-10-17/h7-11,16,18-28,36-37,39H,6,12-15H2,1-5H3;6-10,16,18-28,35,37-38,40H,5,11-15H2,1-4H3. The van der Waals surface area contributed by atoms with Gasteiger partial charge < -0.3 is 87.9 Å². The third kappa shape index (κ3) is 7.53. The largest absolute Gasteiger partial charge is 0.458 e. The zero-order valence-electron chi connectivity index (χ0n) is 52.6. The number of hydrogen-bond acceptors (Lipinski definition) is 24. The van der Waals surface area contributed by atoms with Gasteiger partial charge in [0.25, 0.3) is 12.9 Å². The highest BCUT2D eigenvalue weighted by Crippen LogP contribution is 2.83. The molecule has 2 aromatic rings. The van der Waals surface area contributed by atoms with Crippen molar-refractivity contribution in [1.82, 2.24) is 9.80 Å². The minimum atomic E-state index is -1.85. The molecule has 7 N–H and O–H groups in total. The molecule has 2 saturated heterocycles. The van der Waals surface area contributed by atoms with Gasteiger partial charge in [-0.15, -0.1) is 0 Å². The van der Waals surface area contributed by atoms with E-state index in [-0.39, 0.29) is 49.6 Å². The lowest BCUT2D eigenvalue weighted by molar-refractivity contribution is -0.320. The highest BCUT2D eigenvalue weighted by molar-refractivity contribution is 5.90. The molecular weight excluding hydrogens is 1170 g/mol. The minimum Gasteiger partial charge on any atom is -0.458 e.